The van der Waals surface area contributed by atoms with E-state index in [0.717, 1.165) is 5.75 Å². The van der Waals surface area contributed by atoms with Crippen molar-refractivity contribution >= 4 is 22.8 Å². The molecule has 0 amide bonds. The normalized spacial score (nSPS) is 18.6. The lowest BCUT2D eigenvalue weighted by Gasteiger charge is -2.04. The molecule has 1 aromatic rings. The van der Waals surface area contributed by atoms with Gasteiger partial charge in [0.2, 0.25) is 0 Å². The molecule has 1 aliphatic rings. The first kappa shape index (κ1) is 13.1. The van der Waals surface area contributed by atoms with E-state index >= 15 is 0 Å². The number of Topliss-reactive ketones (excluding diaryl/α,β-unsaturated/α-hetero) is 1. The van der Waals surface area contributed by atoms with Crippen molar-refractivity contribution in [1.29, 1.82) is 0 Å². The summed E-state index contributed by atoms with van der Waals surface area (Å²) >= 11 is 1.53. The van der Waals surface area contributed by atoms with Gasteiger partial charge in [0.05, 0.1) is 0 Å². The van der Waals surface area contributed by atoms with Gasteiger partial charge in [-0.05, 0) is 38.1 Å². The van der Waals surface area contributed by atoms with E-state index in [0.29, 0.717) is 23.1 Å². The van der Waals surface area contributed by atoms with Crippen LogP contribution >= 0.6 is 11.8 Å². The van der Waals surface area contributed by atoms with Gasteiger partial charge >= 0.3 is 0 Å². The summed E-state index contributed by atoms with van der Waals surface area (Å²) in [5.41, 5.74) is 0.676. The molecule has 0 saturated heterocycles. The molecule has 2 rings (SSSR count). The van der Waals surface area contributed by atoms with E-state index in [1.807, 2.05) is 6.92 Å². The predicted octanol–water partition coefficient (Wildman–Crippen LogP) is 2.73. The highest BCUT2D eigenvalue weighted by atomic mass is 32.2. The van der Waals surface area contributed by atoms with Crippen LogP contribution in [0.1, 0.15) is 24.2 Å². The molecule has 0 N–H and O–H groups in total. The molecular formula is C13H15NO3S. The Labute approximate surface area is 110 Å². The fraction of sp³-hybridized carbons (Fsp3) is 0.385. The van der Waals surface area contributed by atoms with Crippen molar-refractivity contribution < 1.29 is 14.3 Å². The van der Waals surface area contributed by atoms with Crippen molar-refractivity contribution in [3.05, 3.63) is 29.8 Å². The van der Waals surface area contributed by atoms with Crippen molar-refractivity contribution in [1.82, 2.24) is 0 Å². The SMILES string of the molecule is CCOC1CSC(Oc2ccc(C(C)=O)cc2)=N1. The molecule has 1 aliphatic heterocycles. The Hall–Kier alpha value is -1.33. The number of benzene rings is 1. The van der Waals surface area contributed by atoms with Crippen LogP contribution in [0.25, 0.3) is 0 Å². The molecule has 1 unspecified atom stereocenters. The largest absolute Gasteiger partial charge is 0.434 e. The molecule has 0 saturated carbocycles. The second-order valence-electron chi connectivity index (χ2n) is 3.80. The van der Waals surface area contributed by atoms with Crippen LogP contribution < -0.4 is 4.74 Å². The third kappa shape index (κ3) is 3.34. The summed E-state index contributed by atoms with van der Waals surface area (Å²) in [5.74, 6) is 1.52. The van der Waals surface area contributed by atoms with E-state index in [4.69, 9.17) is 9.47 Å². The van der Waals surface area contributed by atoms with Crippen LogP contribution in [-0.2, 0) is 4.74 Å². The highest BCUT2D eigenvalue weighted by Crippen LogP contribution is 2.22. The molecule has 1 heterocycles. The summed E-state index contributed by atoms with van der Waals surface area (Å²) in [6.45, 7) is 4.13. The Balaban J connectivity index is 1.98. The van der Waals surface area contributed by atoms with Gasteiger partial charge in [-0.15, -0.1) is 0 Å². The second kappa shape index (κ2) is 6.02. The van der Waals surface area contributed by atoms with Crippen LogP contribution in [-0.4, -0.2) is 29.6 Å². The summed E-state index contributed by atoms with van der Waals surface area (Å²) < 4.78 is 11.0. The molecule has 0 aliphatic carbocycles. The molecule has 0 radical (unpaired) electrons. The molecule has 0 fully saturated rings. The monoisotopic (exact) mass is 265 g/mol. The highest BCUT2D eigenvalue weighted by Gasteiger charge is 2.19. The number of rotatable bonds is 4. The number of aliphatic imine (C=N–C) groups is 1. The summed E-state index contributed by atoms with van der Waals surface area (Å²) in [5, 5.41) is 0.615. The number of thioether (sulfide) groups is 1. The molecule has 96 valence electrons. The van der Waals surface area contributed by atoms with Crippen LogP contribution in [0.3, 0.4) is 0 Å². The Morgan fingerprint density at radius 3 is 2.78 bits per heavy atom. The second-order valence-corrected chi connectivity index (χ2v) is 4.77. The van der Waals surface area contributed by atoms with E-state index in [9.17, 15) is 4.79 Å². The van der Waals surface area contributed by atoms with E-state index in [1.165, 1.54) is 11.8 Å². The van der Waals surface area contributed by atoms with Gasteiger partial charge in [-0.25, -0.2) is 4.99 Å². The first-order valence-corrected chi connectivity index (χ1v) is 6.78. The van der Waals surface area contributed by atoms with Gasteiger partial charge in [0, 0.05) is 17.9 Å². The Morgan fingerprint density at radius 2 is 2.17 bits per heavy atom. The number of carbonyl (C=O) groups is 1. The predicted molar refractivity (Wildman–Crippen MR) is 72.4 cm³/mol. The standard InChI is InChI=1S/C13H15NO3S/c1-3-16-12-8-18-13(14-12)17-11-6-4-10(5-7-11)9(2)15/h4-7,12H,3,8H2,1-2H3. The molecule has 1 aromatic carbocycles. The van der Waals surface area contributed by atoms with Gasteiger partial charge in [0.1, 0.15) is 5.75 Å². The van der Waals surface area contributed by atoms with Gasteiger partial charge in [0.25, 0.3) is 5.23 Å². The molecule has 0 aromatic heterocycles. The smallest absolute Gasteiger partial charge is 0.254 e. The molecule has 1 atom stereocenters. The number of carbonyl (C=O) groups excluding carboxylic acids is 1. The number of nitrogens with zero attached hydrogens (tertiary/aromatic N) is 1. The zero-order chi connectivity index (χ0) is 13.0. The molecule has 0 bridgehead atoms. The summed E-state index contributed by atoms with van der Waals surface area (Å²) in [6, 6.07) is 7.04. The highest BCUT2D eigenvalue weighted by molar-refractivity contribution is 8.13. The summed E-state index contributed by atoms with van der Waals surface area (Å²) in [6.07, 6.45) is -0.105. The summed E-state index contributed by atoms with van der Waals surface area (Å²) in [7, 11) is 0. The van der Waals surface area contributed by atoms with Crippen molar-refractivity contribution in [3.63, 3.8) is 0 Å². The third-order valence-corrected chi connectivity index (χ3v) is 3.31. The molecule has 0 spiro atoms. The van der Waals surface area contributed by atoms with E-state index in [2.05, 4.69) is 4.99 Å². The minimum absolute atomic E-state index is 0.0468. The van der Waals surface area contributed by atoms with Gasteiger partial charge in [-0.3, -0.25) is 4.79 Å². The van der Waals surface area contributed by atoms with E-state index in [-0.39, 0.29) is 12.0 Å². The van der Waals surface area contributed by atoms with Crippen LogP contribution in [0.15, 0.2) is 29.3 Å². The average molecular weight is 265 g/mol. The average Bonchev–Trinajstić information content (AvgIpc) is 2.78. The van der Waals surface area contributed by atoms with Gasteiger partial charge < -0.3 is 9.47 Å². The third-order valence-electron chi connectivity index (χ3n) is 2.42. The Morgan fingerprint density at radius 1 is 1.44 bits per heavy atom. The lowest BCUT2D eigenvalue weighted by atomic mass is 10.1. The molecule has 5 heteroatoms. The first-order chi connectivity index (χ1) is 8.69. The maximum absolute atomic E-state index is 11.1. The minimum Gasteiger partial charge on any atom is -0.434 e. The van der Waals surface area contributed by atoms with Crippen LogP contribution in [0, 0.1) is 0 Å². The fourth-order valence-corrected chi connectivity index (χ4v) is 2.33. The van der Waals surface area contributed by atoms with Crippen molar-refractivity contribution in [2.45, 2.75) is 20.1 Å². The number of hydrogen-bond donors (Lipinski definition) is 0. The zero-order valence-electron chi connectivity index (χ0n) is 10.4. The van der Waals surface area contributed by atoms with Crippen molar-refractivity contribution in [3.8, 4) is 5.75 Å². The number of ketones is 1. The zero-order valence-corrected chi connectivity index (χ0v) is 11.2. The lowest BCUT2D eigenvalue weighted by Crippen LogP contribution is -2.08. The van der Waals surface area contributed by atoms with Gasteiger partial charge in [-0.1, -0.05) is 11.8 Å². The maximum atomic E-state index is 11.1. The fourth-order valence-electron chi connectivity index (χ4n) is 1.53. The Bertz CT molecular complexity index is 456. The topological polar surface area (TPSA) is 47.9 Å². The maximum Gasteiger partial charge on any atom is 0.254 e. The van der Waals surface area contributed by atoms with Gasteiger partial charge in [-0.2, -0.15) is 0 Å². The number of hydrogen-bond acceptors (Lipinski definition) is 5. The van der Waals surface area contributed by atoms with E-state index < -0.39 is 0 Å². The number of ether oxygens (including phenoxy) is 2. The Kier molecular flexibility index (Phi) is 4.38. The molecular weight excluding hydrogens is 250 g/mol. The molecule has 18 heavy (non-hydrogen) atoms. The quantitative estimate of drug-likeness (QED) is 0.785. The molecule has 4 nitrogen and oxygen atoms in total. The van der Waals surface area contributed by atoms with Crippen LogP contribution in [0.4, 0.5) is 0 Å². The first-order valence-electron chi connectivity index (χ1n) is 5.80. The minimum atomic E-state index is -0.105. The van der Waals surface area contributed by atoms with Crippen molar-refractivity contribution in [2.75, 3.05) is 12.4 Å². The van der Waals surface area contributed by atoms with Crippen LogP contribution in [0.2, 0.25) is 0 Å². The van der Waals surface area contributed by atoms with Crippen LogP contribution in [0.5, 0.6) is 5.75 Å². The van der Waals surface area contributed by atoms with Gasteiger partial charge in [0.15, 0.2) is 12.0 Å². The van der Waals surface area contributed by atoms with Crippen molar-refractivity contribution in [2.24, 2.45) is 4.99 Å². The summed E-state index contributed by atoms with van der Waals surface area (Å²) in [4.78, 5) is 15.4. The lowest BCUT2D eigenvalue weighted by molar-refractivity contribution is 0.0875. The van der Waals surface area contributed by atoms with E-state index in [1.54, 1.807) is 31.2 Å².